The molecule has 12 heavy (non-hydrogen) atoms. The Morgan fingerprint density at radius 2 is 2.17 bits per heavy atom. The largest absolute Gasteiger partial charge is 0.459 e. The first-order valence-corrected chi connectivity index (χ1v) is 4.62. The molecule has 0 bridgehead atoms. The number of thiazole rings is 1. The van der Waals surface area contributed by atoms with Gasteiger partial charge in [0.1, 0.15) is 5.76 Å². The van der Waals surface area contributed by atoms with Crippen LogP contribution in [-0.4, -0.2) is 4.98 Å². The quantitative estimate of drug-likeness (QED) is 0.672. The number of furan rings is 1. The fourth-order valence-electron chi connectivity index (χ4n) is 1.02. The van der Waals surface area contributed by atoms with E-state index < -0.39 is 0 Å². The van der Waals surface area contributed by atoms with Crippen LogP contribution >= 0.6 is 11.3 Å². The Morgan fingerprint density at radius 1 is 1.33 bits per heavy atom. The van der Waals surface area contributed by atoms with E-state index in [1.165, 1.54) is 0 Å². The monoisotopic (exact) mass is 179 g/mol. The van der Waals surface area contributed by atoms with Gasteiger partial charge in [0.05, 0.1) is 0 Å². The summed E-state index contributed by atoms with van der Waals surface area (Å²) in [4.78, 5) is 4.32. The average molecular weight is 179 g/mol. The van der Waals surface area contributed by atoms with Gasteiger partial charge in [0.2, 0.25) is 0 Å². The normalized spacial score (nSPS) is 10.5. The minimum Gasteiger partial charge on any atom is -0.459 e. The molecule has 0 radical (unpaired) electrons. The highest BCUT2D eigenvalue weighted by molar-refractivity contribution is 7.13. The van der Waals surface area contributed by atoms with E-state index in [0.717, 1.165) is 22.2 Å². The lowest BCUT2D eigenvalue weighted by Crippen LogP contribution is -1.71. The van der Waals surface area contributed by atoms with E-state index in [2.05, 4.69) is 4.98 Å². The van der Waals surface area contributed by atoms with E-state index in [1.54, 1.807) is 11.3 Å². The molecule has 0 unspecified atom stereocenters. The smallest absolute Gasteiger partial charge is 0.162 e. The van der Waals surface area contributed by atoms with Crippen LogP contribution in [0.3, 0.4) is 0 Å². The van der Waals surface area contributed by atoms with Crippen molar-refractivity contribution in [3.63, 3.8) is 0 Å². The zero-order valence-electron chi connectivity index (χ0n) is 7.00. The molecule has 0 fully saturated rings. The Kier molecular flexibility index (Phi) is 1.73. The number of hydrogen-bond acceptors (Lipinski definition) is 3. The molecule has 0 aliphatic heterocycles. The highest BCUT2D eigenvalue weighted by Gasteiger charge is 2.05. The first-order valence-electron chi connectivity index (χ1n) is 3.74. The molecule has 0 saturated carbocycles. The van der Waals surface area contributed by atoms with Gasteiger partial charge in [-0.1, -0.05) is 0 Å². The standard InChI is InChI=1S/C9H9NOS/c1-6-5-12-9(10-6)8-4-3-7(2)11-8/h3-5H,1-2H3. The molecule has 2 aromatic heterocycles. The fraction of sp³-hybridized carbons (Fsp3) is 0.222. The van der Waals surface area contributed by atoms with Gasteiger partial charge in [0, 0.05) is 11.1 Å². The van der Waals surface area contributed by atoms with Crippen molar-refractivity contribution in [1.82, 2.24) is 4.98 Å². The highest BCUT2D eigenvalue weighted by atomic mass is 32.1. The molecule has 3 heteroatoms. The maximum atomic E-state index is 5.43. The fourth-order valence-corrected chi connectivity index (χ4v) is 1.77. The molecule has 62 valence electrons. The molecule has 2 nitrogen and oxygen atoms in total. The van der Waals surface area contributed by atoms with Gasteiger partial charge in [-0.05, 0) is 26.0 Å². The maximum Gasteiger partial charge on any atom is 0.162 e. The predicted octanol–water partition coefficient (Wildman–Crippen LogP) is 3.02. The van der Waals surface area contributed by atoms with Gasteiger partial charge in [-0.15, -0.1) is 11.3 Å². The van der Waals surface area contributed by atoms with Gasteiger partial charge in [0.15, 0.2) is 10.8 Å². The molecular weight excluding hydrogens is 170 g/mol. The number of nitrogens with zero attached hydrogens (tertiary/aromatic N) is 1. The molecule has 0 spiro atoms. The van der Waals surface area contributed by atoms with Gasteiger partial charge in [-0.25, -0.2) is 4.98 Å². The zero-order chi connectivity index (χ0) is 8.55. The van der Waals surface area contributed by atoms with Crippen LogP contribution in [0, 0.1) is 13.8 Å². The van der Waals surface area contributed by atoms with E-state index in [-0.39, 0.29) is 0 Å². The topological polar surface area (TPSA) is 26.0 Å². The lowest BCUT2D eigenvalue weighted by atomic mass is 10.4. The van der Waals surface area contributed by atoms with Crippen LogP contribution in [0.4, 0.5) is 0 Å². The third kappa shape index (κ3) is 1.28. The van der Waals surface area contributed by atoms with Gasteiger partial charge < -0.3 is 4.42 Å². The van der Waals surface area contributed by atoms with Crippen LogP contribution in [-0.2, 0) is 0 Å². The Bertz CT molecular complexity index is 350. The van der Waals surface area contributed by atoms with Crippen molar-refractivity contribution in [2.24, 2.45) is 0 Å². The third-order valence-electron chi connectivity index (χ3n) is 1.57. The Hall–Kier alpha value is -1.09. The van der Waals surface area contributed by atoms with Gasteiger partial charge in [-0.3, -0.25) is 0 Å². The molecule has 0 saturated heterocycles. The van der Waals surface area contributed by atoms with Crippen LogP contribution in [0.2, 0.25) is 0 Å². The minimum atomic E-state index is 0.866. The molecular formula is C9H9NOS. The molecule has 2 aromatic rings. The molecule has 0 atom stereocenters. The van der Waals surface area contributed by atoms with E-state index in [1.807, 2.05) is 31.4 Å². The zero-order valence-corrected chi connectivity index (χ0v) is 7.81. The van der Waals surface area contributed by atoms with E-state index in [0.29, 0.717) is 0 Å². The lowest BCUT2D eigenvalue weighted by molar-refractivity contribution is 0.548. The second-order valence-electron chi connectivity index (χ2n) is 2.70. The molecule has 2 rings (SSSR count). The lowest BCUT2D eigenvalue weighted by Gasteiger charge is -1.86. The predicted molar refractivity (Wildman–Crippen MR) is 49.3 cm³/mol. The minimum absolute atomic E-state index is 0.866. The van der Waals surface area contributed by atoms with Crippen LogP contribution in [0.1, 0.15) is 11.5 Å². The molecule has 0 aliphatic rings. The summed E-state index contributed by atoms with van der Waals surface area (Å²) in [5.41, 5.74) is 1.05. The van der Waals surface area contributed by atoms with Crippen molar-refractivity contribution < 1.29 is 4.42 Å². The average Bonchev–Trinajstić information content (AvgIpc) is 2.58. The van der Waals surface area contributed by atoms with Crippen LogP contribution in [0.15, 0.2) is 21.9 Å². The number of aromatic nitrogens is 1. The van der Waals surface area contributed by atoms with Gasteiger partial charge in [-0.2, -0.15) is 0 Å². The van der Waals surface area contributed by atoms with Crippen molar-refractivity contribution in [1.29, 1.82) is 0 Å². The van der Waals surface area contributed by atoms with E-state index in [4.69, 9.17) is 4.42 Å². The number of aryl methyl sites for hydroxylation is 2. The first kappa shape index (κ1) is 7.55. The maximum absolute atomic E-state index is 5.43. The second-order valence-corrected chi connectivity index (χ2v) is 3.56. The molecule has 0 amide bonds. The molecule has 0 aliphatic carbocycles. The Morgan fingerprint density at radius 3 is 2.67 bits per heavy atom. The third-order valence-corrected chi connectivity index (χ3v) is 2.54. The van der Waals surface area contributed by atoms with E-state index >= 15 is 0 Å². The van der Waals surface area contributed by atoms with Gasteiger partial charge in [0.25, 0.3) is 0 Å². The second kappa shape index (κ2) is 2.75. The van der Waals surface area contributed by atoms with E-state index in [9.17, 15) is 0 Å². The number of hydrogen-bond donors (Lipinski definition) is 0. The summed E-state index contributed by atoms with van der Waals surface area (Å²) >= 11 is 1.61. The summed E-state index contributed by atoms with van der Waals surface area (Å²) in [6.07, 6.45) is 0. The van der Waals surface area contributed by atoms with Crippen molar-refractivity contribution in [2.75, 3.05) is 0 Å². The summed E-state index contributed by atoms with van der Waals surface area (Å²) in [5.74, 6) is 1.79. The van der Waals surface area contributed by atoms with Crippen molar-refractivity contribution in [3.05, 3.63) is 29.0 Å². The van der Waals surface area contributed by atoms with Crippen LogP contribution in [0.5, 0.6) is 0 Å². The summed E-state index contributed by atoms with van der Waals surface area (Å²) in [6.45, 7) is 3.92. The summed E-state index contributed by atoms with van der Waals surface area (Å²) in [7, 11) is 0. The molecule has 0 aromatic carbocycles. The van der Waals surface area contributed by atoms with Crippen molar-refractivity contribution in [3.8, 4) is 10.8 Å². The summed E-state index contributed by atoms with van der Waals surface area (Å²) in [6, 6.07) is 3.90. The Labute approximate surface area is 74.9 Å². The van der Waals surface area contributed by atoms with Crippen LogP contribution in [0.25, 0.3) is 10.8 Å². The SMILES string of the molecule is Cc1csc(-c2ccc(C)o2)n1. The highest BCUT2D eigenvalue weighted by Crippen LogP contribution is 2.24. The molecule has 0 N–H and O–H groups in total. The van der Waals surface area contributed by atoms with Gasteiger partial charge >= 0.3 is 0 Å². The summed E-state index contributed by atoms with van der Waals surface area (Å²) < 4.78 is 5.43. The number of rotatable bonds is 1. The summed E-state index contributed by atoms with van der Waals surface area (Å²) in [5, 5.41) is 2.98. The van der Waals surface area contributed by atoms with Crippen LogP contribution < -0.4 is 0 Å². The first-order chi connectivity index (χ1) is 5.75. The van der Waals surface area contributed by atoms with Crippen molar-refractivity contribution >= 4 is 11.3 Å². The van der Waals surface area contributed by atoms with Crippen molar-refractivity contribution in [2.45, 2.75) is 13.8 Å². The Balaban J connectivity index is 2.43. The molecule has 2 heterocycles.